The number of aryl methyl sites for hydroxylation is 2. The Morgan fingerprint density at radius 2 is 1.93 bits per heavy atom. The SMILES string of the molecule is Cc1ccc(C(CNC(=O)c2sc(C)nc2-c2ccccc2)N2CCOCC2)o1. The van der Waals surface area contributed by atoms with Crippen molar-refractivity contribution in [1.29, 1.82) is 0 Å². The molecule has 0 aliphatic carbocycles. The number of ether oxygens (including phenoxy) is 1. The van der Waals surface area contributed by atoms with Gasteiger partial charge in [0.1, 0.15) is 16.4 Å². The standard InChI is InChI=1S/C22H25N3O3S/c1-15-8-9-19(28-15)18(25-10-12-27-13-11-25)14-23-22(26)21-20(24-16(2)29-21)17-6-4-3-5-7-17/h3-9,18H,10-14H2,1-2H3,(H,23,26). The summed E-state index contributed by atoms with van der Waals surface area (Å²) in [7, 11) is 0. The van der Waals surface area contributed by atoms with Crippen molar-refractivity contribution in [3.05, 3.63) is 63.9 Å². The first-order valence-corrected chi connectivity index (χ1v) is 10.6. The van der Waals surface area contributed by atoms with E-state index >= 15 is 0 Å². The van der Waals surface area contributed by atoms with Gasteiger partial charge in [0.2, 0.25) is 0 Å². The molecule has 2 aromatic heterocycles. The van der Waals surface area contributed by atoms with Gasteiger partial charge >= 0.3 is 0 Å². The van der Waals surface area contributed by atoms with Gasteiger partial charge in [0.25, 0.3) is 5.91 Å². The Labute approximate surface area is 174 Å². The third kappa shape index (κ3) is 4.58. The van der Waals surface area contributed by atoms with Gasteiger partial charge in [-0.15, -0.1) is 11.3 Å². The zero-order valence-electron chi connectivity index (χ0n) is 16.7. The van der Waals surface area contributed by atoms with E-state index in [4.69, 9.17) is 9.15 Å². The summed E-state index contributed by atoms with van der Waals surface area (Å²) in [5.74, 6) is 1.64. The number of aromatic nitrogens is 1. The largest absolute Gasteiger partial charge is 0.465 e. The highest BCUT2D eigenvalue weighted by Crippen LogP contribution is 2.28. The van der Waals surface area contributed by atoms with Gasteiger partial charge in [-0.1, -0.05) is 30.3 Å². The van der Waals surface area contributed by atoms with Gasteiger partial charge in [-0.25, -0.2) is 4.98 Å². The van der Waals surface area contributed by atoms with Crippen LogP contribution in [0.15, 0.2) is 46.9 Å². The van der Waals surface area contributed by atoms with E-state index in [1.165, 1.54) is 11.3 Å². The Morgan fingerprint density at radius 1 is 1.17 bits per heavy atom. The van der Waals surface area contributed by atoms with E-state index < -0.39 is 0 Å². The lowest BCUT2D eigenvalue weighted by Gasteiger charge is -2.33. The Balaban J connectivity index is 1.53. The molecule has 1 amide bonds. The second-order valence-corrected chi connectivity index (χ2v) is 8.30. The highest BCUT2D eigenvalue weighted by molar-refractivity contribution is 7.14. The van der Waals surface area contributed by atoms with Crippen LogP contribution in [0.5, 0.6) is 0 Å². The highest BCUT2D eigenvalue weighted by atomic mass is 32.1. The predicted molar refractivity (Wildman–Crippen MR) is 113 cm³/mol. The summed E-state index contributed by atoms with van der Waals surface area (Å²) in [5, 5.41) is 3.99. The highest BCUT2D eigenvalue weighted by Gasteiger charge is 2.27. The number of nitrogens with one attached hydrogen (secondary N) is 1. The van der Waals surface area contributed by atoms with E-state index in [9.17, 15) is 4.79 Å². The first-order valence-electron chi connectivity index (χ1n) is 9.81. The molecule has 3 aromatic rings. The molecule has 1 aromatic carbocycles. The average molecular weight is 412 g/mol. The molecule has 4 rings (SSSR count). The van der Waals surface area contributed by atoms with Gasteiger partial charge in [0, 0.05) is 25.2 Å². The molecule has 3 heterocycles. The topological polar surface area (TPSA) is 67.6 Å². The van der Waals surface area contributed by atoms with Crippen LogP contribution in [0.1, 0.15) is 32.2 Å². The van der Waals surface area contributed by atoms with Gasteiger partial charge in [-0.05, 0) is 26.0 Å². The summed E-state index contributed by atoms with van der Waals surface area (Å²) >= 11 is 1.42. The number of hydrogen-bond acceptors (Lipinski definition) is 6. The summed E-state index contributed by atoms with van der Waals surface area (Å²) in [5.41, 5.74) is 1.69. The lowest BCUT2D eigenvalue weighted by atomic mass is 10.1. The molecular weight excluding hydrogens is 386 g/mol. The molecule has 152 valence electrons. The molecule has 0 radical (unpaired) electrons. The van der Waals surface area contributed by atoms with E-state index in [1.54, 1.807) is 0 Å². The number of hydrogen-bond donors (Lipinski definition) is 1. The number of carbonyl (C=O) groups is 1. The van der Waals surface area contributed by atoms with Crippen molar-refractivity contribution in [3.63, 3.8) is 0 Å². The molecule has 1 fully saturated rings. The van der Waals surface area contributed by atoms with E-state index in [-0.39, 0.29) is 11.9 Å². The molecule has 1 aliphatic heterocycles. The molecule has 1 unspecified atom stereocenters. The Morgan fingerprint density at radius 3 is 2.62 bits per heavy atom. The number of furan rings is 1. The molecular formula is C22H25N3O3S. The van der Waals surface area contributed by atoms with Crippen LogP contribution in [0.2, 0.25) is 0 Å². The molecule has 1 saturated heterocycles. The smallest absolute Gasteiger partial charge is 0.263 e. The van der Waals surface area contributed by atoms with Crippen molar-refractivity contribution in [2.24, 2.45) is 0 Å². The van der Waals surface area contributed by atoms with E-state index in [1.807, 2.05) is 56.3 Å². The third-order valence-electron chi connectivity index (χ3n) is 5.02. The number of morpholine rings is 1. The summed E-state index contributed by atoms with van der Waals surface area (Å²) in [6.07, 6.45) is 0. The lowest BCUT2D eigenvalue weighted by molar-refractivity contribution is 0.0117. The molecule has 6 nitrogen and oxygen atoms in total. The fourth-order valence-electron chi connectivity index (χ4n) is 3.57. The minimum Gasteiger partial charge on any atom is -0.465 e. The van der Waals surface area contributed by atoms with Crippen LogP contribution in [0, 0.1) is 13.8 Å². The normalized spacial score (nSPS) is 15.9. The number of carbonyl (C=O) groups excluding carboxylic acids is 1. The summed E-state index contributed by atoms with van der Waals surface area (Å²) < 4.78 is 11.4. The van der Waals surface area contributed by atoms with Crippen molar-refractivity contribution in [1.82, 2.24) is 15.2 Å². The Hall–Kier alpha value is -2.48. The summed E-state index contributed by atoms with van der Waals surface area (Å²) in [6, 6.07) is 13.8. The zero-order valence-corrected chi connectivity index (χ0v) is 17.5. The fourth-order valence-corrected chi connectivity index (χ4v) is 4.43. The van der Waals surface area contributed by atoms with Crippen molar-refractivity contribution < 1.29 is 13.9 Å². The van der Waals surface area contributed by atoms with Crippen LogP contribution in [0.3, 0.4) is 0 Å². The van der Waals surface area contributed by atoms with Crippen LogP contribution >= 0.6 is 11.3 Å². The molecule has 0 saturated carbocycles. The minimum absolute atomic E-state index is 0.0225. The van der Waals surface area contributed by atoms with Crippen LogP contribution in [0.4, 0.5) is 0 Å². The second-order valence-electron chi connectivity index (χ2n) is 7.10. The van der Waals surface area contributed by atoms with Crippen LogP contribution in [0.25, 0.3) is 11.3 Å². The fraction of sp³-hybridized carbons (Fsp3) is 0.364. The number of rotatable bonds is 6. The van der Waals surface area contributed by atoms with Gasteiger partial charge < -0.3 is 14.5 Å². The number of benzene rings is 1. The van der Waals surface area contributed by atoms with Crippen LogP contribution in [-0.4, -0.2) is 48.6 Å². The van der Waals surface area contributed by atoms with Crippen molar-refractivity contribution in [2.75, 3.05) is 32.8 Å². The minimum atomic E-state index is -0.101. The summed E-state index contributed by atoms with van der Waals surface area (Å²) in [4.78, 5) is 20.6. The molecule has 0 bridgehead atoms. The molecule has 1 N–H and O–H groups in total. The first kappa shape index (κ1) is 19.8. The maximum atomic E-state index is 13.1. The number of thiazole rings is 1. The van der Waals surface area contributed by atoms with Crippen molar-refractivity contribution in [3.8, 4) is 11.3 Å². The molecule has 29 heavy (non-hydrogen) atoms. The molecule has 0 spiro atoms. The lowest BCUT2D eigenvalue weighted by Crippen LogP contribution is -2.43. The Kier molecular flexibility index (Phi) is 6.08. The zero-order chi connectivity index (χ0) is 20.2. The molecule has 7 heteroatoms. The van der Waals surface area contributed by atoms with Crippen LogP contribution in [-0.2, 0) is 4.74 Å². The van der Waals surface area contributed by atoms with Gasteiger partial charge in [-0.3, -0.25) is 9.69 Å². The van der Waals surface area contributed by atoms with E-state index in [0.717, 1.165) is 40.9 Å². The average Bonchev–Trinajstić information content (AvgIpc) is 3.35. The first-order chi connectivity index (χ1) is 14.1. The summed E-state index contributed by atoms with van der Waals surface area (Å²) in [6.45, 7) is 7.34. The quantitative estimate of drug-likeness (QED) is 0.668. The van der Waals surface area contributed by atoms with Crippen LogP contribution < -0.4 is 5.32 Å². The maximum Gasteiger partial charge on any atom is 0.263 e. The third-order valence-corrected chi connectivity index (χ3v) is 5.99. The van der Waals surface area contributed by atoms with E-state index in [0.29, 0.717) is 24.6 Å². The van der Waals surface area contributed by atoms with Gasteiger partial charge in [0.15, 0.2) is 0 Å². The second kappa shape index (κ2) is 8.90. The number of nitrogens with zero attached hydrogens (tertiary/aromatic N) is 2. The molecule has 1 aliphatic rings. The molecule has 1 atom stereocenters. The van der Waals surface area contributed by atoms with Crippen molar-refractivity contribution >= 4 is 17.2 Å². The maximum absolute atomic E-state index is 13.1. The Bertz CT molecular complexity index is 961. The monoisotopic (exact) mass is 411 g/mol. The van der Waals surface area contributed by atoms with Gasteiger partial charge in [-0.2, -0.15) is 0 Å². The predicted octanol–water partition coefficient (Wildman–Crippen LogP) is 3.82. The van der Waals surface area contributed by atoms with Gasteiger partial charge in [0.05, 0.1) is 30.0 Å². The number of amides is 1. The van der Waals surface area contributed by atoms with E-state index in [2.05, 4.69) is 15.2 Å². The van der Waals surface area contributed by atoms with Crippen molar-refractivity contribution in [2.45, 2.75) is 19.9 Å².